The average molecular weight is 355 g/mol. The molecule has 0 amide bonds. The summed E-state index contributed by atoms with van der Waals surface area (Å²) in [6, 6.07) is 12.7. The number of guanidine groups is 1. The zero-order chi connectivity index (χ0) is 17.9. The highest BCUT2D eigenvalue weighted by atomic mass is 19.1. The summed E-state index contributed by atoms with van der Waals surface area (Å²) in [7, 11) is 0. The molecule has 5 nitrogen and oxygen atoms in total. The van der Waals surface area contributed by atoms with E-state index in [1.807, 2.05) is 30.3 Å². The molecule has 0 atom stereocenters. The molecule has 26 heavy (non-hydrogen) atoms. The summed E-state index contributed by atoms with van der Waals surface area (Å²) >= 11 is 0. The number of anilines is 1. The van der Waals surface area contributed by atoms with Gasteiger partial charge in [0.25, 0.3) is 0 Å². The van der Waals surface area contributed by atoms with E-state index in [4.69, 9.17) is 15.2 Å². The summed E-state index contributed by atoms with van der Waals surface area (Å²) in [6.07, 6.45) is 2.49. The van der Waals surface area contributed by atoms with E-state index in [2.05, 4.69) is 10.3 Å². The van der Waals surface area contributed by atoms with Crippen LogP contribution in [0.25, 0.3) is 0 Å². The van der Waals surface area contributed by atoms with Gasteiger partial charge in [0.05, 0.1) is 19.3 Å². The van der Waals surface area contributed by atoms with Crippen molar-refractivity contribution in [2.75, 3.05) is 18.5 Å². The van der Waals surface area contributed by atoms with Crippen LogP contribution in [0.3, 0.4) is 0 Å². The molecule has 136 valence electrons. The van der Waals surface area contributed by atoms with Crippen molar-refractivity contribution in [1.82, 2.24) is 0 Å². The molecule has 2 aliphatic rings. The van der Waals surface area contributed by atoms with Crippen molar-refractivity contribution in [2.24, 2.45) is 10.7 Å². The molecule has 0 saturated heterocycles. The van der Waals surface area contributed by atoms with Crippen molar-refractivity contribution in [3.63, 3.8) is 0 Å². The SMILES string of the molecule is NC(=NC1CC(c2ccccc2F)C1)Nc1ccc2c(c1)OCCCO2. The molecule has 1 heterocycles. The lowest BCUT2D eigenvalue weighted by atomic mass is 9.76. The van der Waals surface area contributed by atoms with E-state index in [9.17, 15) is 4.39 Å². The number of hydrogen-bond donors (Lipinski definition) is 2. The summed E-state index contributed by atoms with van der Waals surface area (Å²) in [6.45, 7) is 1.30. The molecule has 0 spiro atoms. The van der Waals surface area contributed by atoms with Gasteiger partial charge in [-0.2, -0.15) is 0 Å². The quantitative estimate of drug-likeness (QED) is 0.651. The number of hydrogen-bond acceptors (Lipinski definition) is 3. The average Bonchev–Trinajstić information content (AvgIpc) is 2.83. The predicted molar refractivity (Wildman–Crippen MR) is 99.5 cm³/mol. The Balaban J connectivity index is 1.36. The van der Waals surface area contributed by atoms with Crippen LogP contribution in [0.4, 0.5) is 10.1 Å². The third-order valence-corrected chi connectivity index (χ3v) is 4.80. The van der Waals surface area contributed by atoms with Gasteiger partial charge in [0.1, 0.15) is 5.82 Å². The number of ether oxygens (including phenoxy) is 2. The number of aliphatic imine (C=N–C) groups is 1. The molecule has 0 bridgehead atoms. The molecule has 2 aromatic rings. The van der Waals surface area contributed by atoms with E-state index in [1.165, 1.54) is 6.07 Å². The van der Waals surface area contributed by atoms with Crippen LogP contribution in [-0.4, -0.2) is 25.2 Å². The van der Waals surface area contributed by atoms with Gasteiger partial charge < -0.3 is 20.5 Å². The summed E-state index contributed by atoms with van der Waals surface area (Å²) in [5, 5.41) is 3.10. The molecule has 0 unspecified atom stereocenters. The third kappa shape index (κ3) is 3.59. The number of rotatable bonds is 3. The van der Waals surface area contributed by atoms with Crippen molar-refractivity contribution >= 4 is 11.6 Å². The molecule has 1 aliphatic carbocycles. The number of benzene rings is 2. The number of nitrogens with two attached hydrogens (primary N) is 1. The Bertz CT molecular complexity index is 818. The topological polar surface area (TPSA) is 68.9 Å². The summed E-state index contributed by atoms with van der Waals surface area (Å²) in [5.74, 6) is 1.89. The smallest absolute Gasteiger partial charge is 0.193 e. The Morgan fingerprint density at radius 3 is 2.65 bits per heavy atom. The van der Waals surface area contributed by atoms with Crippen LogP contribution in [0, 0.1) is 5.82 Å². The van der Waals surface area contributed by atoms with Crippen molar-refractivity contribution in [3.8, 4) is 11.5 Å². The first-order valence-electron chi connectivity index (χ1n) is 8.93. The van der Waals surface area contributed by atoms with E-state index in [-0.39, 0.29) is 17.8 Å². The number of fused-ring (bicyclic) bond motifs is 1. The molecule has 2 aromatic carbocycles. The van der Waals surface area contributed by atoms with Crippen LogP contribution in [0.15, 0.2) is 47.5 Å². The Morgan fingerprint density at radius 1 is 1.08 bits per heavy atom. The predicted octanol–water partition coefficient (Wildman–Crippen LogP) is 3.66. The highest BCUT2D eigenvalue weighted by Gasteiger charge is 2.31. The van der Waals surface area contributed by atoms with Crippen LogP contribution < -0.4 is 20.5 Å². The Hall–Kier alpha value is -2.76. The second-order valence-corrected chi connectivity index (χ2v) is 6.69. The van der Waals surface area contributed by atoms with Gasteiger partial charge in [-0.15, -0.1) is 0 Å². The fraction of sp³-hybridized carbons (Fsp3) is 0.350. The van der Waals surface area contributed by atoms with E-state index in [1.54, 1.807) is 6.07 Å². The van der Waals surface area contributed by atoms with Gasteiger partial charge in [-0.3, -0.25) is 0 Å². The first-order chi connectivity index (χ1) is 12.7. The largest absolute Gasteiger partial charge is 0.490 e. The first-order valence-corrected chi connectivity index (χ1v) is 8.93. The molecule has 4 rings (SSSR count). The van der Waals surface area contributed by atoms with Crippen LogP contribution >= 0.6 is 0 Å². The van der Waals surface area contributed by atoms with E-state index >= 15 is 0 Å². The third-order valence-electron chi connectivity index (χ3n) is 4.80. The van der Waals surface area contributed by atoms with Gasteiger partial charge in [-0.1, -0.05) is 18.2 Å². The van der Waals surface area contributed by atoms with Crippen LogP contribution in [-0.2, 0) is 0 Å². The lowest BCUT2D eigenvalue weighted by molar-refractivity contribution is 0.297. The maximum absolute atomic E-state index is 13.8. The van der Waals surface area contributed by atoms with Gasteiger partial charge in [-0.25, -0.2) is 9.38 Å². The molecular weight excluding hydrogens is 333 g/mol. The van der Waals surface area contributed by atoms with Crippen molar-refractivity contribution < 1.29 is 13.9 Å². The molecule has 0 aromatic heterocycles. The lowest BCUT2D eigenvalue weighted by Crippen LogP contribution is -2.31. The lowest BCUT2D eigenvalue weighted by Gasteiger charge is -2.33. The van der Waals surface area contributed by atoms with E-state index in [0.29, 0.717) is 24.9 Å². The summed E-state index contributed by atoms with van der Waals surface area (Å²) < 4.78 is 25.1. The van der Waals surface area contributed by atoms with Gasteiger partial charge in [0.2, 0.25) is 0 Å². The van der Waals surface area contributed by atoms with Gasteiger partial charge in [-0.05, 0) is 42.5 Å². The van der Waals surface area contributed by atoms with E-state index < -0.39 is 0 Å². The summed E-state index contributed by atoms with van der Waals surface area (Å²) in [4.78, 5) is 4.50. The number of nitrogens with one attached hydrogen (secondary N) is 1. The second-order valence-electron chi connectivity index (χ2n) is 6.69. The number of halogens is 1. The van der Waals surface area contributed by atoms with Crippen molar-refractivity contribution in [3.05, 3.63) is 53.8 Å². The zero-order valence-corrected chi connectivity index (χ0v) is 14.5. The molecule has 1 saturated carbocycles. The molecule has 3 N–H and O–H groups in total. The monoisotopic (exact) mass is 355 g/mol. The Kier molecular flexibility index (Phi) is 4.65. The molecular formula is C20H22FN3O2. The molecule has 6 heteroatoms. The molecule has 1 aliphatic heterocycles. The van der Waals surface area contributed by atoms with Gasteiger partial charge >= 0.3 is 0 Å². The van der Waals surface area contributed by atoms with Crippen LogP contribution in [0.1, 0.15) is 30.7 Å². The fourth-order valence-corrected chi connectivity index (χ4v) is 3.37. The van der Waals surface area contributed by atoms with Gasteiger partial charge in [0, 0.05) is 18.2 Å². The Labute approximate surface area is 152 Å². The molecule has 0 radical (unpaired) electrons. The maximum atomic E-state index is 13.8. The van der Waals surface area contributed by atoms with E-state index in [0.717, 1.165) is 36.3 Å². The van der Waals surface area contributed by atoms with Crippen LogP contribution in [0.5, 0.6) is 11.5 Å². The number of nitrogens with zero attached hydrogens (tertiary/aromatic N) is 1. The first kappa shape index (κ1) is 16.7. The fourth-order valence-electron chi connectivity index (χ4n) is 3.37. The highest BCUT2D eigenvalue weighted by molar-refractivity contribution is 5.92. The minimum atomic E-state index is -0.141. The van der Waals surface area contributed by atoms with Crippen LogP contribution in [0.2, 0.25) is 0 Å². The standard InChI is InChI=1S/C20H22FN3O2/c21-17-5-2-1-4-16(17)13-10-15(11-13)24-20(22)23-14-6-7-18-19(12-14)26-9-3-8-25-18/h1-2,4-7,12-13,15H,3,8-11H2,(H3,22,23,24). The minimum Gasteiger partial charge on any atom is -0.490 e. The normalized spacial score (nSPS) is 22.3. The van der Waals surface area contributed by atoms with Crippen molar-refractivity contribution in [2.45, 2.75) is 31.2 Å². The highest BCUT2D eigenvalue weighted by Crippen LogP contribution is 2.39. The van der Waals surface area contributed by atoms with Gasteiger partial charge in [0.15, 0.2) is 17.5 Å². The van der Waals surface area contributed by atoms with Crippen molar-refractivity contribution in [1.29, 1.82) is 0 Å². The second kappa shape index (κ2) is 7.23. The summed E-state index contributed by atoms with van der Waals surface area (Å²) in [5.41, 5.74) is 7.61. The Morgan fingerprint density at radius 2 is 1.85 bits per heavy atom. The maximum Gasteiger partial charge on any atom is 0.193 e. The molecule has 1 fully saturated rings. The zero-order valence-electron chi connectivity index (χ0n) is 14.5. The minimum absolute atomic E-state index is 0.118.